The molecule has 0 bridgehead atoms. The number of likely N-dealkylation sites (tertiary alicyclic amines) is 1. The van der Waals surface area contributed by atoms with Gasteiger partial charge in [-0.3, -0.25) is 19.3 Å². The molecule has 3 amide bonds. The van der Waals surface area contributed by atoms with Crippen molar-refractivity contribution in [2.75, 3.05) is 33.4 Å². The van der Waals surface area contributed by atoms with Crippen LogP contribution in [0.5, 0.6) is 11.5 Å². The van der Waals surface area contributed by atoms with Crippen molar-refractivity contribution in [3.05, 3.63) is 26.2 Å². The molecule has 11 heteroatoms. The van der Waals surface area contributed by atoms with Crippen molar-refractivity contribution in [2.45, 2.75) is 12.8 Å². The third-order valence-corrected chi connectivity index (χ3v) is 6.22. The molecule has 0 radical (unpaired) electrons. The highest BCUT2D eigenvalue weighted by Crippen LogP contribution is 2.37. The van der Waals surface area contributed by atoms with Crippen LogP contribution in [0.15, 0.2) is 17.0 Å². The van der Waals surface area contributed by atoms with Crippen LogP contribution in [0.3, 0.4) is 0 Å². The highest BCUT2D eigenvalue weighted by Gasteiger charge is 2.37. The SMILES string of the molecule is COc1cc(/C=C2\SC(=O)N(CC(=O)N3CCCC3)C2=O)cc(I)c1OCC(=O)O. The first-order valence-electron chi connectivity index (χ1n) is 9.05. The Morgan fingerprint density at radius 2 is 1.97 bits per heavy atom. The molecule has 0 atom stereocenters. The zero-order chi connectivity index (χ0) is 21.8. The number of amides is 3. The first-order valence-corrected chi connectivity index (χ1v) is 10.9. The highest BCUT2D eigenvalue weighted by atomic mass is 127. The summed E-state index contributed by atoms with van der Waals surface area (Å²) in [6, 6.07) is 3.27. The zero-order valence-electron chi connectivity index (χ0n) is 16.1. The van der Waals surface area contributed by atoms with E-state index in [4.69, 9.17) is 14.6 Å². The standard InChI is InChI=1S/C19H19IN2O7S/c1-28-13-7-11(6-12(20)17(13)29-10-16(24)25)8-14-18(26)22(19(27)30-14)9-15(23)21-4-2-3-5-21/h6-8H,2-5,9-10H2,1H3,(H,24,25)/b14-8-. The maximum Gasteiger partial charge on any atom is 0.341 e. The Morgan fingerprint density at radius 3 is 2.60 bits per heavy atom. The van der Waals surface area contributed by atoms with Gasteiger partial charge in [-0.2, -0.15) is 0 Å². The molecule has 3 rings (SSSR count). The van der Waals surface area contributed by atoms with Crippen LogP contribution in [0.4, 0.5) is 4.79 Å². The summed E-state index contributed by atoms with van der Waals surface area (Å²) in [4.78, 5) is 50.9. The molecular weight excluding hydrogens is 527 g/mol. The van der Waals surface area contributed by atoms with E-state index in [-0.39, 0.29) is 23.1 Å². The van der Waals surface area contributed by atoms with Gasteiger partial charge in [0.2, 0.25) is 5.91 Å². The largest absolute Gasteiger partial charge is 0.493 e. The second-order valence-electron chi connectivity index (χ2n) is 6.57. The van der Waals surface area contributed by atoms with Gasteiger partial charge in [0.1, 0.15) is 6.54 Å². The number of thioether (sulfide) groups is 1. The predicted molar refractivity (Wildman–Crippen MR) is 117 cm³/mol. The Hall–Kier alpha value is -2.28. The lowest BCUT2D eigenvalue weighted by Crippen LogP contribution is -2.40. The number of rotatable bonds is 7. The summed E-state index contributed by atoms with van der Waals surface area (Å²) in [5.74, 6) is -1.28. The van der Waals surface area contributed by atoms with Crippen LogP contribution in [-0.4, -0.2) is 71.3 Å². The fourth-order valence-electron chi connectivity index (χ4n) is 3.09. The number of ether oxygens (including phenoxy) is 2. The highest BCUT2D eigenvalue weighted by molar-refractivity contribution is 14.1. The second kappa shape index (κ2) is 9.69. The van der Waals surface area contributed by atoms with Gasteiger partial charge in [-0.05, 0) is 71.0 Å². The van der Waals surface area contributed by atoms with Gasteiger partial charge in [0.25, 0.3) is 11.1 Å². The molecule has 1 aromatic carbocycles. The quantitative estimate of drug-likeness (QED) is 0.410. The van der Waals surface area contributed by atoms with E-state index in [1.165, 1.54) is 13.2 Å². The van der Waals surface area contributed by atoms with Crippen molar-refractivity contribution >= 4 is 63.5 Å². The van der Waals surface area contributed by atoms with Crippen LogP contribution in [0.25, 0.3) is 6.08 Å². The number of hydrogen-bond acceptors (Lipinski definition) is 7. The molecular formula is C19H19IN2O7S. The number of carbonyl (C=O) groups is 4. The molecule has 2 fully saturated rings. The third kappa shape index (κ3) is 5.06. The van der Waals surface area contributed by atoms with Crippen molar-refractivity contribution < 1.29 is 33.8 Å². The summed E-state index contributed by atoms with van der Waals surface area (Å²) in [7, 11) is 1.42. The van der Waals surface area contributed by atoms with Crippen LogP contribution in [0, 0.1) is 3.57 Å². The van der Waals surface area contributed by atoms with Crippen molar-refractivity contribution in [2.24, 2.45) is 0 Å². The smallest absolute Gasteiger partial charge is 0.341 e. The van der Waals surface area contributed by atoms with Crippen LogP contribution in [0.1, 0.15) is 18.4 Å². The molecule has 0 aliphatic carbocycles. The molecule has 1 N–H and O–H groups in total. The Labute approximate surface area is 190 Å². The zero-order valence-corrected chi connectivity index (χ0v) is 19.0. The molecule has 2 heterocycles. The van der Waals surface area contributed by atoms with Gasteiger partial charge in [-0.15, -0.1) is 0 Å². The number of imide groups is 1. The van der Waals surface area contributed by atoms with E-state index in [1.54, 1.807) is 17.0 Å². The number of carboxylic acid groups (broad SMARTS) is 1. The predicted octanol–water partition coefficient (Wildman–Crippen LogP) is 2.42. The number of carbonyl (C=O) groups excluding carboxylic acids is 3. The number of nitrogens with zero attached hydrogens (tertiary/aromatic N) is 2. The Kier molecular flexibility index (Phi) is 7.23. The molecule has 30 heavy (non-hydrogen) atoms. The summed E-state index contributed by atoms with van der Waals surface area (Å²) in [5.41, 5.74) is 0.579. The number of aliphatic carboxylic acids is 1. The molecule has 0 saturated carbocycles. The van der Waals surface area contributed by atoms with E-state index in [0.717, 1.165) is 29.5 Å². The van der Waals surface area contributed by atoms with Crippen LogP contribution >= 0.6 is 34.4 Å². The van der Waals surface area contributed by atoms with Gasteiger partial charge in [0.05, 0.1) is 15.6 Å². The maximum atomic E-state index is 12.7. The summed E-state index contributed by atoms with van der Waals surface area (Å²) in [6.07, 6.45) is 3.40. The second-order valence-corrected chi connectivity index (χ2v) is 8.73. The number of benzene rings is 1. The Bertz CT molecular complexity index is 928. The molecule has 2 saturated heterocycles. The third-order valence-electron chi connectivity index (χ3n) is 4.52. The Morgan fingerprint density at radius 1 is 1.27 bits per heavy atom. The minimum Gasteiger partial charge on any atom is -0.493 e. The van der Waals surface area contributed by atoms with Gasteiger partial charge in [-0.1, -0.05) is 0 Å². The first-order chi connectivity index (χ1) is 14.3. The van der Waals surface area contributed by atoms with Gasteiger partial charge in [-0.25, -0.2) is 4.79 Å². The molecule has 0 aromatic heterocycles. The minimum atomic E-state index is -1.12. The molecule has 2 aliphatic heterocycles. The fraction of sp³-hybridized carbons (Fsp3) is 0.368. The van der Waals surface area contributed by atoms with Crippen molar-refractivity contribution in [3.8, 4) is 11.5 Å². The summed E-state index contributed by atoms with van der Waals surface area (Å²) < 4.78 is 11.1. The van der Waals surface area contributed by atoms with Crippen molar-refractivity contribution in [3.63, 3.8) is 0 Å². The Balaban J connectivity index is 1.78. The lowest BCUT2D eigenvalue weighted by molar-refractivity contribution is -0.139. The number of hydrogen-bond donors (Lipinski definition) is 1. The normalized spacial score (nSPS) is 17.7. The van der Waals surface area contributed by atoms with Gasteiger partial charge in [0.15, 0.2) is 18.1 Å². The van der Waals surface area contributed by atoms with E-state index in [1.807, 2.05) is 22.6 Å². The topological polar surface area (TPSA) is 113 Å². The lowest BCUT2D eigenvalue weighted by Gasteiger charge is -2.18. The van der Waals surface area contributed by atoms with E-state index in [9.17, 15) is 19.2 Å². The number of methoxy groups -OCH3 is 1. The van der Waals surface area contributed by atoms with E-state index in [0.29, 0.717) is 28.0 Å². The van der Waals surface area contributed by atoms with Gasteiger partial charge < -0.3 is 19.5 Å². The fourth-order valence-corrected chi connectivity index (χ4v) is 4.71. The van der Waals surface area contributed by atoms with Crippen LogP contribution < -0.4 is 9.47 Å². The molecule has 0 spiro atoms. The first kappa shape index (κ1) is 22.4. The van der Waals surface area contributed by atoms with Crippen molar-refractivity contribution in [1.29, 1.82) is 0 Å². The van der Waals surface area contributed by atoms with Crippen LogP contribution in [-0.2, 0) is 14.4 Å². The van der Waals surface area contributed by atoms with E-state index in [2.05, 4.69) is 0 Å². The average Bonchev–Trinajstić information content (AvgIpc) is 3.31. The summed E-state index contributed by atoms with van der Waals surface area (Å²) in [6.45, 7) is 0.527. The maximum absolute atomic E-state index is 12.7. The molecule has 2 aliphatic rings. The summed E-state index contributed by atoms with van der Waals surface area (Å²) in [5, 5.41) is 8.32. The molecule has 1 aromatic rings. The molecule has 9 nitrogen and oxygen atoms in total. The monoisotopic (exact) mass is 546 g/mol. The molecule has 0 unspecified atom stereocenters. The molecule has 160 valence electrons. The number of carboxylic acids is 1. The lowest BCUT2D eigenvalue weighted by atomic mass is 10.2. The van der Waals surface area contributed by atoms with E-state index < -0.39 is 23.7 Å². The van der Waals surface area contributed by atoms with Crippen molar-refractivity contribution in [1.82, 2.24) is 9.80 Å². The summed E-state index contributed by atoms with van der Waals surface area (Å²) >= 11 is 2.75. The van der Waals surface area contributed by atoms with E-state index >= 15 is 0 Å². The van der Waals surface area contributed by atoms with Gasteiger partial charge in [0, 0.05) is 13.1 Å². The average molecular weight is 546 g/mol. The number of halogens is 1. The minimum absolute atomic E-state index is 0.200. The van der Waals surface area contributed by atoms with Gasteiger partial charge >= 0.3 is 5.97 Å². The van der Waals surface area contributed by atoms with Crippen LogP contribution in [0.2, 0.25) is 0 Å².